The summed E-state index contributed by atoms with van der Waals surface area (Å²) < 4.78 is 0. The predicted molar refractivity (Wildman–Crippen MR) is 98.3 cm³/mol. The minimum absolute atomic E-state index is 0.299. The van der Waals surface area contributed by atoms with Crippen molar-refractivity contribution in [3.8, 4) is 11.5 Å². The highest BCUT2D eigenvalue weighted by atomic mass is 16.3. The summed E-state index contributed by atoms with van der Waals surface area (Å²) in [5, 5.41) is 19.3. The Morgan fingerprint density at radius 3 is 1.71 bits per heavy atom. The second-order valence-corrected chi connectivity index (χ2v) is 8.33. The normalized spacial score (nSPS) is 23.3. The zero-order valence-electron chi connectivity index (χ0n) is 14.9. The summed E-state index contributed by atoms with van der Waals surface area (Å²) in [5.74, 6) is 2.20. The Labute approximate surface area is 145 Å². The Bertz CT molecular complexity index is 625. The van der Waals surface area contributed by atoms with Crippen LogP contribution < -0.4 is 0 Å². The van der Waals surface area contributed by atoms with Crippen molar-refractivity contribution in [2.45, 2.75) is 46.0 Å². The van der Waals surface area contributed by atoms with Crippen molar-refractivity contribution < 1.29 is 10.2 Å². The van der Waals surface area contributed by atoms with Gasteiger partial charge in [-0.25, -0.2) is 0 Å². The van der Waals surface area contributed by atoms with Crippen LogP contribution in [-0.2, 0) is 0 Å². The minimum Gasteiger partial charge on any atom is -0.508 e. The molecule has 1 aliphatic rings. The monoisotopic (exact) mass is 324 g/mol. The molecule has 1 saturated carbocycles. The maximum atomic E-state index is 9.65. The summed E-state index contributed by atoms with van der Waals surface area (Å²) in [4.78, 5) is 0. The number of benzene rings is 2. The van der Waals surface area contributed by atoms with Gasteiger partial charge in [-0.15, -0.1) is 0 Å². The van der Waals surface area contributed by atoms with Gasteiger partial charge in [0.1, 0.15) is 11.5 Å². The van der Waals surface area contributed by atoms with E-state index in [9.17, 15) is 10.2 Å². The van der Waals surface area contributed by atoms with E-state index in [0.717, 1.165) is 5.92 Å². The lowest BCUT2D eigenvalue weighted by molar-refractivity contribution is 0.123. The first kappa shape index (κ1) is 16.9. The van der Waals surface area contributed by atoms with Crippen LogP contribution in [0.2, 0.25) is 0 Å². The number of rotatable bonds is 3. The fraction of sp³-hybridized carbons (Fsp3) is 0.455. The number of phenols is 2. The molecule has 24 heavy (non-hydrogen) atoms. The van der Waals surface area contributed by atoms with Crippen LogP contribution in [0.15, 0.2) is 48.5 Å². The first-order valence-electron chi connectivity index (χ1n) is 8.92. The van der Waals surface area contributed by atoms with Gasteiger partial charge in [0, 0.05) is 5.92 Å². The molecule has 128 valence electrons. The van der Waals surface area contributed by atoms with E-state index in [4.69, 9.17) is 0 Å². The molecule has 0 aliphatic heterocycles. The van der Waals surface area contributed by atoms with E-state index in [0.29, 0.717) is 28.7 Å². The molecule has 2 heteroatoms. The lowest BCUT2D eigenvalue weighted by atomic mass is 9.62. The van der Waals surface area contributed by atoms with E-state index in [2.05, 4.69) is 20.8 Å². The van der Waals surface area contributed by atoms with Gasteiger partial charge < -0.3 is 10.2 Å². The highest BCUT2D eigenvalue weighted by Crippen LogP contribution is 2.49. The second-order valence-electron chi connectivity index (χ2n) is 8.33. The van der Waals surface area contributed by atoms with Crippen LogP contribution in [0.25, 0.3) is 0 Å². The lowest BCUT2D eigenvalue weighted by Crippen LogP contribution is -2.31. The molecule has 3 rings (SSSR count). The predicted octanol–water partition coefficient (Wildman–Crippen LogP) is 5.69. The average molecular weight is 324 g/mol. The van der Waals surface area contributed by atoms with E-state index >= 15 is 0 Å². The molecule has 2 nitrogen and oxygen atoms in total. The molecule has 0 spiro atoms. The maximum Gasteiger partial charge on any atom is 0.115 e. The first-order chi connectivity index (χ1) is 11.3. The van der Waals surface area contributed by atoms with Crippen LogP contribution >= 0.6 is 0 Å². The van der Waals surface area contributed by atoms with E-state index in [1.807, 2.05) is 24.3 Å². The smallest absolute Gasteiger partial charge is 0.115 e. The maximum absolute atomic E-state index is 9.65. The number of phenolic OH excluding ortho intramolecular Hbond substituents is 2. The van der Waals surface area contributed by atoms with Crippen LogP contribution in [0.4, 0.5) is 0 Å². The Morgan fingerprint density at radius 2 is 1.29 bits per heavy atom. The van der Waals surface area contributed by atoms with Gasteiger partial charge >= 0.3 is 0 Å². The molecule has 0 heterocycles. The van der Waals surface area contributed by atoms with Crippen molar-refractivity contribution in [3.05, 3.63) is 59.7 Å². The van der Waals surface area contributed by atoms with Gasteiger partial charge in [-0.3, -0.25) is 0 Å². The van der Waals surface area contributed by atoms with Gasteiger partial charge in [-0.2, -0.15) is 0 Å². The second kappa shape index (κ2) is 6.51. The third kappa shape index (κ3) is 3.75. The topological polar surface area (TPSA) is 40.5 Å². The number of aromatic hydroxyl groups is 2. The lowest BCUT2D eigenvalue weighted by Gasteiger charge is -2.42. The number of hydrogen-bond donors (Lipinski definition) is 2. The minimum atomic E-state index is 0.299. The summed E-state index contributed by atoms with van der Waals surface area (Å²) in [6, 6.07) is 15.3. The van der Waals surface area contributed by atoms with E-state index in [1.165, 1.54) is 30.4 Å². The highest BCUT2D eigenvalue weighted by molar-refractivity contribution is 5.38. The fourth-order valence-corrected chi connectivity index (χ4v) is 4.77. The molecular weight excluding hydrogens is 296 g/mol. The number of hydrogen-bond acceptors (Lipinski definition) is 2. The van der Waals surface area contributed by atoms with Gasteiger partial charge in [-0.1, -0.05) is 45.0 Å². The summed E-state index contributed by atoms with van der Waals surface area (Å²) in [6.45, 7) is 7.11. The van der Waals surface area contributed by atoms with Crippen molar-refractivity contribution >= 4 is 0 Å². The molecular formula is C22H28O2. The third-order valence-corrected chi connectivity index (χ3v) is 5.40. The molecule has 1 fully saturated rings. The Kier molecular flexibility index (Phi) is 4.58. The van der Waals surface area contributed by atoms with Crippen molar-refractivity contribution in [1.82, 2.24) is 0 Å². The zero-order valence-corrected chi connectivity index (χ0v) is 14.9. The van der Waals surface area contributed by atoms with Crippen LogP contribution in [0, 0.1) is 17.3 Å². The van der Waals surface area contributed by atoms with E-state index < -0.39 is 0 Å². The highest BCUT2D eigenvalue weighted by Gasteiger charge is 2.37. The zero-order chi connectivity index (χ0) is 17.3. The van der Waals surface area contributed by atoms with Gasteiger partial charge in [0.15, 0.2) is 0 Å². The molecule has 2 N–H and O–H groups in total. The van der Waals surface area contributed by atoms with E-state index in [-0.39, 0.29) is 0 Å². The Hall–Kier alpha value is -1.96. The molecule has 2 aromatic carbocycles. The molecule has 2 atom stereocenters. The SMILES string of the molecule is CC1CC(C(c2ccc(O)cc2)c2ccc(O)cc2)CC(C)(C)C1. The van der Waals surface area contributed by atoms with Gasteiger partial charge in [-0.05, 0) is 71.9 Å². The van der Waals surface area contributed by atoms with Crippen molar-refractivity contribution in [2.24, 2.45) is 17.3 Å². The quantitative estimate of drug-likeness (QED) is 0.761. The van der Waals surface area contributed by atoms with Crippen LogP contribution in [0.1, 0.15) is 57.1 Å². The summed E-state index contributed by atoms with van der Waals surface area (Å²) in [6.07, 6.45) is 3.70. The standard InChI is InChI=1S/C22H28O2/c1-15-12-18(14-22(2,3)13-15)21(16-4-8-19(23)9-5-16)17-6-10-20(24)11-7-17/h4-11,15,18,21,23-24H,12-14H2,1-3H3. The molecule has 0 amide bonds. The molecule has 0 aromatic heterocycles. The first-order valence-corrected chi connectivity index (χ1v) is 8.92. The van der Waals surface area contributed by atoms with Gasteiger partial charge in [0.2, 0.25) is 0 Å². The van der Waals surface area contributed by atoms with Crippen molar-refractivity contribution in [3.63, 3.8) is 0 Å². The Balaban J connectivity index is 2.01. The van der Waals surface area contributed by atoms with Crippen molar-refractivity contribution in [1.29, 1.82) is 0 Å². The van der Waals surface area contributed by atoms with Gasteiger partial charge in [0.05, 0.1) is 0 Å². The summed E-state index contributed by atoms with van der Waals surface area (Å²) in [5.41, 5.74) is 2.84. The van der Waals surface area contributed by atoms with Crippen LogP contribution in [0.5, 0.6) is 11.5 Å². The summed E-state index contributed by atoms with van der Waals surface area (Å²) in [7, 11) is 0. The molecule has 2 aromatic rings. The van der Waals surface area contributed by atoms with Crippen LogP contribution in [-0.4, -0.2) is 10.2 Å². The largest absolute Gasteiger partial charge is 0.508 e. The van der Waals surface area contributed by atoms with Gasteiger partial charge in [0.25, 0.3) is 0 Å². The summed E-state index contributed by atoms with van der Waals surface area (Å²) >= 11 is 0. The molecule has 0 saturated heterocycles. The van der Waals surface area contributed by atoms with Crippen molar-refractivity contribution in [2.75, 3.05) is 0 Å². The molecule has 1 aliphatic carbocycles. The molecule has 2 unspecified atom stereocenters. The van der Waals surface area contributed by atoms with E-state index in [1.54, 1.807) is 24.3 Å². The Morgan fingerprint density at radius 1 is 0.833 bits per heavy atom. The van der Waals surface area contributed by atoms with Crippen LogP contribution in [0.3, 0.4) is 0 Å². The third-order valence-electron chi connectivity index (χ3n) is 5.40. The average Bonchev–Trinajstić information content (AvgIpc) is 2.49. The molecule has 0 bridgehead atoms. The molecule has 0 radical (unpaired) electrons. The fourth-order valence-electron chi connectivity index (χ4n) is 4.77.